The molecule has 0 spiro atoms. The molecule has 0 unspecified atom stereocenters. The fourth-order valence-electron chi connectivity index (χ4n) is 5.41. The van der Waals surface area contributed by atoms with Gasteiger partial charge >= 0.3 is 5.63 Å². The number of hydrogen-bond donors (Lipinski definition) is 2. The summed E-state index contributed by atoms with van der Waals surface area (Å²) in [6, 6.07) is 34.8. The van der Waals surface area contributed by atoms with E-state index in [-0.39, 0.29) is 18.7 Å². The molecule has 0 radical (unpaired) electrons. The molecule has 0 bridgehead atoms. The van der Waals surface area contributed by atoms with Crippen LogP contribution in [0.15, 0.2) is 124 Å². The van der Waals surface area contributed by atoms with Gasteiger partial charge in [-0.15, -0.1) is 0 Å². The van der Waals surface area contributed by atoms with Gasteiger partial charge in [-0.05, 0) is 34.4 Å². The second-order valence-electron chi connectivity index (χ2n) is 9.86. The van der Waals surface area contributed by atoms with Crippen molar-refractivity contribution in [3.63, 3.8) is 0 Å². The van der Waals surface area contributed by atoms with Crippen molar-refractivity contribution in [1.82, 2.24) is 5.32 Å². The smallest absolute Gasteiger partial charge is 0.336 e. The number of benzene rings is 4. The lowest BCUT2D eigenvalue weighted by molar-refractivity contribution is -0.127. The van der Waals surface area contributed by atoms with E-state index in [4.69, 9.17) is 14.9 Å². The lowest BCUT2D eigenvalue weighted by Gasteiger charge is -2.36. The van der Waals surface area contributed by atoms with Crippen molar-refractivity contribution >= 4 is 22.8 Å². The maximum atomic E-state index is 13.9. The van der Waals surface area contributed by atoms with Crippen molar-refractivity contribution in [3.05, 3.63) is 148 Å². The highest BCUT2D eigenvalue weighted by Crippen LogP contribution is 2.42. The first-order chi connectivity index (χ1) is 19.9. The van der Waals surface area contributed by atoms with E-state index in [0.717, 1.165) is 16.7 Å². The summed E-state index contributed by atoms with van der Waals surface area (Å²) >= 11 is 0. The van der Waals surface area contributed by atoms with Crippen molar-refractivity contribution in [2.75, 3.05) is 7.11 Å². The van der Waals surface area contributed by atoms with Crippen LogP contribution >= 0.6 is 0 Å². The van der Waals surface area contributed by atoms with Gasteiger partial charge in [0.25, 0.3) is 0 Å². The zero-order valence-corrected chi connectivity index (χ0v) is 22.6. The number of rotatable bonds is 10. The molecule has 41 heavy (non-hydrogen) atoms. The molecule has 0 aliphatic carbocycles. The summed E-state index contributed by atoms with van der Waals surface area (Å²) in [6.07, 6.45) is 0.0359. The molecule has 1 atom stereocenters. The molecule has 0 fully saturated rings. The maximum absolute atomic E-state index is 13.9. The maximum Gasteiger partial charge on any atom is 0.336 e. The van der Waals surface area contributed by atoms with Crippen molar-refractivity contribution in [2.45, 2.75) is 24.3 Å². The van der Waals surface area contributed by atoms with Crippen LogP contribution in [-0.2, 0) is 21.4 Å². The molecular weight excluding hydrogens is 516 g/mol. The van der Waals surface area contributed by atoms with Crippen LogP contribution in [0.1, 0.15) is 28.7 Å². The van der Waals surface area contributed by atoms with E-state index < -0.39 is 23.0 Å². The van der Waals surface area contributed by atoms with Crippen LogP contribution < -0.4 is 21.4 Å². The molecule has 206 valence electrons. The molecule has 1 aromatic heterocycles. The number of nitrogens with one attached hydrogen (secondary N) is 1. The van der Waals surface area contributed by atoms with Crippen molar-refractivity contribution in [2.24, 2.45) is 5.73 Å². The van der Waals surface area contributed by atoms with Crippen LogP contribution in [0.25, 0.3) is 11.0 Å². The summed E-state index contributed by atoms with van der Waals surface area (Å²) in [6.45, 7) is 0. The topological polar surface area (TPSA) is 112 Å². The van der Waals surface area contributed by atoms with E-state index >= 15 is 0 Å². The summed E-state index contributed by atoms with van der Waals surface area (Å²) in [5.41, 5.74) is 8.02. The number of hydrogen-bond acceptors (Lipinski definition) is 5. The summed E-state index contributed by atoms with van der Waals surface area (Å²) in [4.78, 5) is 38.8. The lowest BCUT2D eigenvalue weighted by Crippen LogP contribution is -2.48. The zero-order valence-electron chi connectivity index (χ0n) is 22.6. The summed E-state index contributed by atoms with van der Waals surface area (Å²) in [7, 11) is 1.52. The van der Waals surface area contributed by atoms with Gasteiger partial charge in [-0.25, -0.2) is 4.79 Å². The van der Waals surface area contributed by atoms with Gasteiger partial charge in [0.15, 0.2) is 0 Å². The quantitative estimate of drug-likeness (QED) is 0.194. The van der Waals surface area contributed by atoms with E-state index in [1.54, 1.807) is 18.2 Å². The Balaban J connectivity index is 1.52. The third-order valence-corrected chi connectivity index (χ3v) is 7.37. The number of amides is 2. The largest absolute Gasteiger partial charge is 0.497 e. The van der Waals surface area contributed by atoms with E-state index in [1.165, 1.54) is 13.2 Å². The summed E-state index contributed by atoms with van der Waals surface area (Å²) in [5, 5.41) is 3.49. The second-order valence-corrected chi connectivity index (χ2v) is 9.86. The van der Waals surface area contributed by atoms with Gasteiger partial charge in [0, 0.05) is 30.4 Å². The zero-order chi connectivity index (χ0) is 28.8. The average molecular weight is 547 g/mol. The normalized spacial score (nSPS) is 12.0. The average Bonchev–Trinajstić information content (AvgIpc) is 3.00. The number of nitrogens with two attached hydrogens (primary N) is 1. The van der Waals surface area contributed by atoms with Gasteiger partial charge in [-0.3, -0.25) is 9.59 Å². The number of ether oxygens (including phenoxy) is 1. The Labute approximate surface area is 237 Å². The van der Waals surface area contributed by atoms with Crippen LogP contribution in [0, 0.1) is 0 Å². The van der Waals surface area contributed by atoms with Gasteiger partial charge in [-0.1, -0.05) is 91.0 Å². The number of carbonyl (C=O) groups excluding carboxylic acids is 2. The molecule has 7 heteroatoms. The summed E-state index contributed by atoms with van der Waals surface area (Å²) < 4.78 is 10.6. The van der Waals surface area contributed by atoms with Crippen LogP contribution in [-0.4, -0.2) is 25.0 Å². The predicted octanol–water partition coefficient (Wildman–Crippen LogP) is 4.74. The Kier molecular flexibility index (Phi) is 7.97. The van der Waals surface area contributed by atoms with Gasteiger partial charge < -0.3 is 20.2 Å². The first-order valence-corrected chi connectivity index (χ1v) is 13.3. The molecule has 7 nitrogen and oxygen atoms in total. The van der Waals surface area contributed by atoms with Crippen LogP contribution in [0.2, 0.25) is 0 Å². The van der Waals surface area contributed by atoms with E-state index in [9.17, 15) is 14.4 Å². The molecule has 0 aliphatic rings. The first-order valence-electron chi connectivity index (χ1n) is 13.3. The van der Waals surface area contributed by atoms with Gasteiger partial charge in [0.1, 0.15) is 17.4 Å². The standard InChI is InChI=1S/C34H30N2O5/c1-40-27-17-18-28-23(20-32(38)41-30(28)21-27)19-29(33(35)39)36-31(37)22-34(24-11-5-2-6-12-24,25-13-7-3-8-14-25)26-15-9-4-10-16-26/h2-18,20-21,29H,19,22H2,1H3,(H2,35,39)(H,36,37)/t29-/m0/s1. The molecule has 0 saturated heterocycles. The number of fused-ring (bicyclic) bond motifs is 1. The van der Waals surface area contributed by atoms with Gasteiger partial charge in [-0.2, -0.15) is 0 Å². The molecular formula is C34H30N2O5. The number of carbonyl (C=O) groups is 2. The molecule has 5 aromatic rings. The minimum Gasteiger partial charge on any atom is -0.497 e. The second kappa shape index (κ2) is 11.9. The van der Waals surface area contributed by atoms with Crippen molar-refractivity contribution in [3.8, 4) is 5.75 Å². The highest BCUT2D eigenvalue weighted by Gasteiger charge is 2.39. The first kappa shape index (κ1) is 27.4. The van der Waals surface area contributed by atoms with E-state index in [0.29, 0.717) is 22.3 Å². The molecule has 1 heterocycles. The van der Waals surface area contributed by atoms with Gasteiger partial charge in [0.05, 0.1) is 12.5 Å². The highest BCUT2D eigenvalue weighted by molar-refractivity contribution is 5.89. The van der Waals surface area contributed by atoms with E-state index in [2.05, 4.69) is 5.32 Å². The Bertz CT molecular complexity index is 1620. The molecule has 0 aliphatic heterocycles. The van der Waals surface area contributed by atoms with Crippen LogP contribution in [0.5, 0.6) is 5.75 Å². The monoisotopic (exact) mass is 546 g/mol. The minimum atomic E-state index is -1.06. The summed E-state index contributed by atoms with van der Waals surface area (Å²) in [5.74, 6) is -0.547. The van der Waals surface area contributed by atoms with Crippen molar-refractivity contribution in [1.29, 1.82) is 0 Å². The van der Waals surface area contributed by atoms with E-state index in [1.807, 2.05) is 91.0 Å². The molecule has 3 N–H and O–H groups in total. The fourth-order valence-corrected chi connectivity index (χ4v) is 5.41. The number of primary amides is 1. The SMILES string of the molecule is COc1ccc2c(C[C@H](NC(=O)CC(c3ccccc3)(c3ccccc3)c3ccccc3)C(N)=O)cc(=O)oc2c1. The predicted molar refractivity (Wildman–Crippen MR) is 158 cm³/mol. The third kappa shape index (κ3) is 5.75. The molecule has 4 aromatic carbocycles. The Morgan fingerprint density at radius 1 is 0.829 bits per heavy atom. The number of methoxy groups -OCH3 is 1. The van der Waals surface area contributed by atoms with Gasteiger partial charge in [0.2, 0.25) is 11.8 Å². The van der Waals surface area contributed by atoms with Crippen LogP contribution in [0.4, 0.5) is 0 Å². The Morgan fingerprint density at radius 2 is 1.37 bits per heavy atom. The molecule has 0 saturated carbocycles. The Hall–Kier alpha value is -5.17. The third-order valence-electron chi connectivity index (χ3n) is 7.37. The fraction of sp³-hybridized carbons (Fsp3) is 0.147. The molecule has 2 amide bonds. The minimum absolute atomic E-state index is 0.0176. The van der Waals surface area contributed by atoms with Crippen LogP contribution in [0.3, 0.4) is 0 Å². The molecule has 5 rings (SSSR count). The van der Waals surface area contributed by atoms with Crippen molar-refractivity contribution < 1.29 is 18.7 Å². The highest BCUT2D eigenvalue weighted by atomic mass is 16.5. The Morgan fingerprint density at radius 3 is 1.85 bits per heavy atom. The lowest BCUT2D eigenvalue weighted by atomic mass is 9.67.